The summed E-state index contributed by atoms with van der Waals surface area (Å²) < 4.78 is 25.5. The second kappa shape index (κ2) is 6.45. The number of hydrogen-bond donors (Lipinski definition) is 0. The Morgan fingerprint density at radius 2 is 1.54 bits per heavy atom. The molecule has 148 valence electrons. The number of carbonyl (C=O) groups excluding carboxylic acids is 1. The highest BCUT2D eigenvalue weighted by atomic mass is 32.2. The number of amides is 1. The minimum absolute atomic E-state index is 0.00934. The highest BCUT2D eigenvalue weighted by Crippen LogP contribution is 2.52. The standard InChI is InChI=1S/C23H27NO3S/c1-22(2)13-18-14-23(3,15-22)16-24(18)21(25)17-9-11-20(12-10-17)28(26,27)19-7-5-4-6-8-19/h4-12,18H,13-16H2,1-3H3. The average molecular weight is 398 g/mol. The Morgan fingerprint density at radius 3 is 2.18 bits per heavy atom. The van der Waals surface area contributed by atoms with Crippen LogP contribution in [0.25, 0.3) is 0 Å². The monoisotopic (exact) mass is 397 g/mol. The number of rotatable bonds is 3. The molecule has 1 aliphatic carbocycles. The van der Waals surface area contributed by atoms with Crippen LogP contribution in [0.3, 0.4) is 0 Å². The normalized spacial score (nSPS) is 26.2. The van der Waals surface area contributed by atoms with Crippen molar-refractivity contribution in [2.75, 3.05) is 6.54 Å². The maximum atomic E-state index is 13.2. The van der Waals surface area contributed by atoms with E-state index in [-0.39, 0.29) is 32.6 Å². The van der Waals surface area contributed by atoms with Crippen molar-refractivity contribution in [2.24, 2.45) is 10.8 Å². The summed E-state index contributed by atoms with van der Waals surface area (Å²) in [6.45, 7) is 7.64. The van der Waals surface area contributed by atoms with Gasteiger partial charge in [-0.15, -0.1) is 0 Å². The minimum atomic E-state index is -3.56. The third-order valence-corrected chi connectivity index (χ3v) is 7.93. The van der Waals surface area contributed by atoms with Gasteiger partial charge in [0.2, 0.25) is 9.84 Å². The zero-order chi connectivity index (χ0) is 20.2. The van der Waals surface area contributed by atoms with Crippen molar-refractivity contribution >= 4 is 15.7 Å². The average Bonchev–Trinajstić information content (AvgIpc) is 2.90. The zero-order valence-electron chi connectivity index (χ0n) is 16.7. The van der Waals surface area contributed by atoms with E-state index in [9.17, 15) is 13.2 Å². The van der Waals surface area contributed by atoms with Gasteiger partial charge >= 0.3 is 0 Å². The summed E-state index contributed by atoms with van der Waals surface area (Å²) >= 11 is 0. The van der Waals surface area contributed by atoms with Gasteiger partial charge in [-0.25, -0.2) is 8.42 Å². The smallest absolute Gasteiger partial charge is 0.254 e. The first kappa shape index (κ1) is 19.2. The Hall–Kier alpha value is -2.14. The van der Waals surface area contributed by atoms with Crippen molar-refractivity contribution in [1.82, 2.24) is 4.90 Å². The first-order valence-electron chi connectivity index (χ1n) is 9.81. The third kappa shape index (κ3) is 3.37. The maximum Gasteiger partial charge on any atom is 0.254 e. The van der Waals surface area contributed by atoms with Crippen LogP contribution in [0.2, 0.25) is 0 Å². The number of benzene rings is 2. The molecule has 2 aromatic rings. The fourth-order valence-electron chi connectivity index (χ4n) is 5.38. The molecule has 1 aliphatic heterocycles. The van der Waals surface area contributed by atoms with Gasteiger partial charge in [-0.1, -0.05) is 39.0 Å². The molecule has 2 aromatic carbocycles. The fourth-order valence-corrected chi connectivity index (χ4v) is 6.66. The van der Waals surface area contributed by atoms with E-state index in [4.69, 9.17) is 0 Å². The number of sulfone groups is 1. The molecule has 1 amide bonds. The molecule has 0 aromatic heterocycles. The summed E-state index contributed by atoms with van der Waals surface area (Å²) in [5.41, 5.74) is 0.986. The molecule has 4 nitrogen and oxygen atoms in total. The highest BCUT2D eigenvalue weighted by Gasteiger charge is 2.51. The van der Waals surface area contributed by atoms with Gasteiger partial charge in [-0.3, -0.25) is 4.79 Å². The largest absolute Gasteiger partial charge is 0.335 e. The first-order valence-corrected chi connectivity index (χ1v) is 11.3. The summed E-state index contributed by atoms with van der Waals surface area (Å²) in [5.74, 6) is 0.00934. The van der Waals surface area contributed by atoms with Gasteiger partial charge in [0.1, 0.15) is 0 Å². The van der Waals surface area contributed by atoms with Crippen LogP contribution in [0.15, 0.2) is 64.4 Å². The van der Waals surface area contributed by atoms with Crippen molar-refractivity contribution in [1.29, 1.82) is 0 Å². The number of likely N-dealkylation sites (tertiary alicyclic amines) is 1. The molecule has 2 unspecified atom stereocenters. The molecule has 28 heavy (non-hydrogen) atoms. The lowest BCUT2D eigenvalue weighted by Gasteiger charge is -2.39. The molecule has 2 bridgehead atoms. The van der Waals surface area contributed by atoms with Gasteiger partial charge in [-0.2, -0.15) is 0 Å². The van der Waals surface area contributed by atoms with Gasteiger partial charge in [0.15, 0.2) is 0 Å². The second-order valence-electron chi connectivity index (χ2n) is 9.49. The van der Waals surface area contributed by atoms with E-state index in [1.54, 1.807) is 54.6 Å². The maximum absolute atomic E-state index is 13.2. The van der Waals surface area contributed by atoms with Gasteiger partial charge in [0.25, 0.3) is 5.91 Å². The molecular weight excluding hydrogens is 370 g/mol. The molecule has 5 heteroatoms. The SMILES string of the molecule is CC1(C)CC2CC(C)(CN2C(=O)c2ccc(S(=O)(=O)c3ccccc3)cc2)C1. The van der Waals surface area contributed by atoms with Crippen LogP contribution >= 0.6 is 0 Å². The Kier molecular flexibility index (Phi) is 4.42. The Balaban J connectivity index is 1.58. The van der Waals surface area contributed by atoms with Crippen LogP contribution in [0.4, 0.5) is 0 Å². The van der Waals surface area contributed by atoms with Crippen LogP contribution < -0.4 is 0 Å². The van der Waals surface area contributed by atoms with E-state index in [1.807, 2.05) is 4.90 Å². The third-order valence-electron chi connectivity index (χ3n) is 6.14. The van der Waals surface area contributed by atoms with Crippen molar-refractivity contribution in [3.8, 4) is 0 Å². The van der Waals surface area contributed by atoms with E-state index in [0.717, 1.165) is 25.8 Å². The van der Waals surface area contributed by atoms with Gasteiger partial charge in [-0.05, 0) is 66.5 Å². The lowest BCUT2D eigenvalue weighted by Crippen LogP contribution is -2.37. The summed E-state index contributed by atoms with van der Waals surface area (Å²) in [5, 5.41) is 0. The molecule has 2 atom stereocenters. The highest BCUT2D eigenvalue weighted by molar-refractivity contribution is 7.91. The predicted molar refractivity (Wildman–Crippen MR) is 109 cm³/mol. The molecule has 1 saturated heterocycles. The molecule has 1 saturated carbocycles. The summed E-state index contributed by atoms with van der Waals surface area (Å²) in [6, 6.07) is 15.0. The molecule has 4 rings (SSSR count). The van der Waals surface area contributed by atoms with Crippen molar-refractivity contribution in [3.05, 3.63) is 60.2 Å². The molecule has 0 radical (unpaired) electrons. The van der Waals surface area contributed by atoms with Crippen LogP contribution in [-0.4, -0.2) is 31.8 Å². The Morgan fingerprint density at radius 1 is 0.929 bits per heavy atom. The van der Waals surface area contributed by atoms with Crippen LogP contribution in [0.5, 0.6) is 0 Å². The van der Waals surface area contributed by atoms with Crippen molar-refractivity contribution in [2.45, 2.75) is 55.9 Å². The second-order valence-corrected chi connectivity index (χ2v) is 11.4. The van der Waals surface area contributed by atoms with Crippen molar-refractivity contribution in [3.63, 3.8) is 0 Å². The lowest BCUT2D eigenvalue weighted by molar-refractivity contribution is 0.0708. The Labute approximate surface area is 167 Å². The minimum Gasteiger partial charge on any atom is -0.335 e. The molecular formula is C23H27NO3S. The summed E-state index contributed by atoms with van der Waals surface area (Å²) in [7, 11) is -3.56. The van der Waals surface area contributed by atoms with Crippen LogP contribution in [0, 0.1) is 10.8 Å². The molecule has 2 aliphatic rings. The number of hydrogen-bond acceptors (Lipinski definition) is 3. The van der Waals surface area contributed by atoms with E-state index >= 15 is 0 Å². The van der Waals surface area contributed by atoms with E-state index in [2.05, 4.69) is 20.8 Å². The molecule has 2 fully saturated rings. The topological polar surface area (TPSA) is 54.5 Å². The summed E-state index contributed by atoms with van der Waals surface area (Å²) in [6.07, 6.45) is 3.21. The summed E-state index contributed by atoms with van der Waals surface area (Å²) in [4.78, 5) is 15.6. The number of fused-ring (bicyclic) bond motifs is 2. The van der Waals surface area contributed by atoms with E-state index in [1.165, 1.54) is 0 Å². The lowest BCUT2D eigenvalue weighted by atomic mass is 9.65. The van der Waals surface area contributed by atoms with Crippen molar-refractivity contribution < 1.29 is 13.2 Å². The molecule has 0 N–H and O–H groups in total. The number of carbonyl (C=O) groups is 1. The van der Waals surface area contributed by atoms with Crippen LogP contribution in [0.1, 0.15) is 50.4 Å². The van der Waals surface area contributed by atoms with Gasteiger partial charge in [0.05, 0.1) is 9.79 Å². The fraction of sp³-hybridized carbons (Fsp3) is 0.435. The van der Waals surface area contributed by atoms with Gasteiger partial charge in [0, 0.05) is 18.2 Å². The zero-order valence-corrected chi connectivity index (χ0v) is 17.5. The van der Waals surface area contributed by atoms with Gasteiger partial charge < -0.3 is 4.90 Å². The van der Waals surface area contributed by atoms with E-state index < -0.39 is 9.84 Å². The predicted octanol–water partition coefficient (Wildman–Crippen LogP) is 4.56. The Bertz CT molecular complexity index is 996. The number of nitrogens with zero attached hydrogens (tertiary/aromatic N) is 1. The first-order chi connectivity index (χ1) is 13.1. The van der Waals surface area contributed by atoms with Crippen LogP contribution in [-0.2, 0) is 9.84 Å². The molecule has 1 heterocycles. The quantitative estimate of drug-likeness (QED) is 0.763. The molecule has 0 spiro atoms. The van der Waals surface area contributed by atoms with E-state index in [0.29, 0.717) is 5.56 Å².